The van der Waals surface area contributed by atoms with Crippen molar-refractivity contribution >= 4 is 0 Å². The lowest BCUT2D eigenvalue weighted by molar-refractivity contribution is 0.117. The molecule has 0 spiro atoms. The molecule has 0 heterocycles. The molecule has 3 nitrogen and oxygen atoms in total. The van der Waals surface area contributed by atoms with E-state index in [0.717, 1.165) is 26.3 Å². The van der Waals surface area contributed by atoms with E-state index < -0.39 is 0 Å². The van der Waals surface area contributed by atoms with Crippen LogP contribution in [0, 0.1) is 0 Å². The Balaban J connectivity index is 3.32. The molecule has 1 N–H and O–H groups in total. The van der Waals surface area contributed by atoms with E-state index in [1.165, 1.54) is 25.7 Å². The first kappa shape index (κ1) is 15.9. The van der Waals surface area contributed by atoms with Crippen molar-refractivity contribution in [1.82, 2.24) is 10.2 Å². The van der Waals surface area contributed by atoms with Gasteiger partial charge in [-0.15, -0.1) is 0 Å². The van der Waals surface area contributed by atoms with Crippen LogP contribution in [0.15, 0.2) is 0 Å². The maximum atomic E-state index is 5.55. The van der Waals surface area contributed by atoms with Gasteiger partial charge in [-0.2, -0.15) is 0 Å². The van der Waals surface area contributed by atoms with E-state index in [-0.39, 0.29) is 0 Å². The normalized spacial score (nSPS) is 11.6. The van der Waals surface area contributed by atoms with Crippen LogP contribution in [0.5, 0.6) is 0 Å². The molecule has 3 heteroatoms. The van der Waals surface area contributed by atoms with Gasteiger partial charge in [0.15, 0.2) is 0 Å². The topological polar surface area (TPSA) is 24.5 Å². The molecule has 0 aromatic heterocycles. The fraction of sp³-hybridized carbons (Fsp3) is 1.00. The molecule has 98 valence electrons. The first-order valence-corrected chi connectivity index (χ1v) is 6.66. The quantitative estimate of drug-likeness (QED) is 0.550. The van der Waals surface area contributed by atoms with Crippen molar-refractivity contribution in [2.45, 2.75) is 45.6 Å². The molecule has 0 unspecified atom stereocenters. The largest absolute Gasteiger partial charge is 0.379 e. The molecule has 0 atom stereocenters. The fourth-order valence-corrected chi connectivity index (χ4v) is 1.73. The zero-order chi connectivity index (χ0) is 12.2. The molecule has 0 saturated carbocycles. The second-order valence-electron chi connectivity index (χ2n) is 4.64. The smallest absolute Gasteiger partial charge is 0.0593 e. The molecular formula is C13H30N2O. The highest BCUT2D eigenvalue weighted by Gasteiger charge is 2.04. The van der Waals surface area contributed by atoms with Crippen molar-refractivity contribution in [2.75, 3.05) is 40.4 Å². The Labute approximate surface area is 102 Å². The van der Waals surface area contributed by atoms with E-state index in [9.17, 15) is 0 Å². The van der Waals surface area contributed by atoms with Gasteiger partial charge in [-0.3, -0.25) is 0 Å². The van der Waals surface area contributed by atoms with Crippen LogP contribution in [0.1, 0.15) is 39.5 Å². The fourth-order valence-electron chi connectivity index (χ4n) is 1.73. The summed E-state index contributed by atoms with van der Waals surface area (Å²) in [5, 5.41) is 3.57. The maximum absolute atomic E-state index is 5.55. The first-order chi connectivity index (χ1) is 7.70. The summed E-state index contributed by atoms with van der Waals surface area (Å²) in [5.41, 5.74) is 0. The lowest BCUT2D eigenvalue weighted by atomic mass is 10.1. The number of likely N-dealkylation sites (N-methyl/N-ethyl adjacent to an activating group) is 1. The van der Waals surface area contributed by atoms with Crippen LogP contribution in [0.4, 0.5) is 0 Å². The summed E-state index contributed by atoms with van der Waals surface area (Å²) in [4.78, 5) is 2.14. The average molecular weight is 230 g/mol. The minimum Gasteiger partial charge on any atom is -0.379 e. The van der Waals surface area contributed by atoms with Gasteiger partial charge in [-0.05, 0) is 26.9 Å². The van der Waals surface area contributed by atoms with E-state index in [2.05, 4.69) is 38.2 Å². The number of rotatable bonds is 11. The van der Waals surface area contributed by atoms with E-state index in [1.54, 1.807) is 0 Å². The van der Waals surface area contributed by atoms with Crippen LogP contribution in [0.3, 0.4) is 0 Å². The molecular weight excluding hydrogens is 200 g/mol. The van der Waals surface area contributed by atoms with E-state index in [1.807, 2.05) is 0 Å². The zero-order valence-corrected chi connectivity index (χ0v) is 11.6. The van der Waals surface area contributed by atoms with Crippen LogP contribution >= 0.6 is 0 Å². The second kappa shape index (κ2) is 11.4. The molecule has 0 bridgehead atoms. The standard InChI is InChI=1S/C13H30N2O/c1-5-7-13(8-6-2)14-9-11-16-12-10-15(3)4/h13-14H,5-12H2,1-4H3. The Kier molecular flexibility index (Phi) is 11.3. The van der Waals surface area contributed by atoms with Crippen molar-refractivity contribution in [3.8, 4) is 0 Å². The summed E-state index contributed by atoms with van der Waals surface area (Å²) in [6.07, 6.45) is 5.09. The second-order valence-corrected chi connectivity index (χ2v) is 4.64. The highest BCUT2D eigenvalue weighted by atomic mass is 16.5. The molecule has 0 aromatic carbocycles. The van der Waals surface area contributed by atoms with Crippen LogP contribution in [0.25, 0.3) is 0 Å². The Morgan fingerprint density at radius 2 is 1.69 bits per heavy atom. The maximum Gasteiger partial charge on any atom is 0.0593 e. The Morgan fingerprint density at radius 1 is 1.06 bits per heavy atom. The van der Waals surface area contributed by atoms with Crippen LogP contribution in [0.2, 0.25) is 0 Å². The average Bonchev–Trinajstić information content (AvgIpc) is 2.23. The van der Waals surface area contributed by atoms with E-state index in [4.69, 9.17) is 4.74 Å². The van der Waals surface area contributed by atoms with Gasteiger partial charge < -0.3 is 15.0 Å². The summed E-state index contributed by atoms with van der Waals surface area (Å²) >= 11 is 0. The third-order valence-corrected chi connectivity index (χ3v) is 2.64. The van der Waals surface area contributed by atoms with Crippen molar-refractivity contribution < 1.29 is 4.74 Å². The van der Waals surface area contributed by atoms with E-state index in [0.29, 0.717) is 6.04 Å². The van der Waals surface area contributed by atoms with Gasteiger partial charge in [0.05, 0.1) is 13.2 Å². The predicted octanol–water partition coefficient (Wildman–Crippen LogP) is 2.12. The summed E-state index contributed by atoms with van der Waals surface area (Å²) < 4.78 is 5.55. The van der Waals surface area contributed by atoms with Crippen LogP contribution < -0.4 is 5.32 Å². The molecule has 0 amide bonds. The van der Waals surface area contributed by atoms with Crippen LogP contribution in [-0.2, 0) is 4.74 Å². The van der Waals surface area contributed by atoms with Gasteiger partial charge in [-0.1, -0.05) is 26.7 Å². The molecule has 0 saturated heterocycles. The van der Waals surface area contributed by atoms with Gasteiger partial charge in [0, 0.05) is 19.1 Å². The Bertz CT molecular complexity index is 134. The molecule has 16 heavy (non-hydrogen) atoms. The van der Waals surface area contributed by atoms with Gasteiger partial charge >= 0.3 is 0 Å². The van der Waals surface area contributed by atoms with Gasteiger partial charge in [0.2, 0.25) is 0 Å². The van der Waals surface area contributed by atoms with Crippen molar-refractivity contribution in [3.63, 3.8) is 0 Å². The summed E-state index contributed by atoms with van der Waals surface area (Å²) in [7, 11) is 4.14. The molecule has 0 rings (SSSR count). The highest BCUT2D eigenvalue weighted by molar-refractivity contribution is 4.65. The highest BCUT2D eigenvalue weighted by Crippen LogP contribution is 2.03. The van der Waals surface area contributed by atoms with Crippen molar-refractivity contribution in [1.29, 1.82) is 0 Å². The lowest BCUT2D eigenvalue weighted by Crippen LogP contribution is -2.32. The van der Waals surface area contributed by atoms with Crippen molar-refractivity contribution in [3.05, 3.63) is 0 Å². The number of nitrogens with zero attached hydrogens (tertiary/aromatic N) is 1. The molecule has 0 aliphatic carbocycles. The third-order valence-electron chi connectivity index (χ3n) is 2.64. The summed E-state index contributed by atoms with van der Waals surface area (Å²) in [5.74, 6) is 0. The number of nitrogens with one attached hydrogen (secondary N) is 1. The number of hydrogen-bond acceptors (Lipinski definition) is 3. The zero-order valence-electron chi connectivity index (χ0n) is 11.6. The number of ether oxygens (including phenoxy) is 1. The molecule has 0 fully saturated rings. The predicted molar refractivity (Wildman–Crippen MR) is 71.0 cm³/mol. The summed E-state index contributed by atoms with van der Waals surface area (Å²) in [6, 6.07) is 0.687. The molecule has 0 aromatic rings. The molecule has 0 radical (unpaired) electrons. The Morgan fingerprint density at radius 3 is 2.19 bits per heavy atom. The number of hydrogen-bond donors (Lipinski definition) is 1. The lowest BCUT2D eigenvalue weighted by Gasteiger charge is -2.17. The van der Waals surface area contributed by atoms with Gasteiger partial charge in [-0.25, -0.2) is 0 Å². The van der Waals surface area contributed by atoms with Gasteiger partial charge in [0.25, 0.3) is 0 Å². The first-order valence-electron chi connectivity index (χ1n) is 6.66. The van der Waals surface area contributed by atoms with E-state index >= 15 is 0 Å². The minimum atomic E-state index is 0.687. The monoisotopic (exact) mass is 230 g/mol. The van der Waals surface area contributed by atoms with Crippen LogP contribution in [-0.4, -0.2) is 51.3 Å². The Hall–Kier alpha value is -0.120. The minimum absolute atomic E-state index is 0.687. The molecule has 0 aliphatic rings. The van der Waals surface area contributed by atoms with Gasteiger partial charge in [0.1, 0.15) is 0 Å². The SMILES string of the molecule is CCCC(CCC)NCCOCCN(C)C. The van der Waals surface area contributed by atoms with Crippen molar-refractivity contribution in [2.24, 2.45) is 0 Å². The summed E-state index contributed by atoms with van der Waals surface area (Å²) in [6.45, 7) is 8.15. The molecule has 0 aliphatic heterocycles. The third kappa shape index (κ3) is 10.4.